The number of benzene rings is 2. The number of rotatable bonds is 8. The molecule has 12 heteroatoms. The second-order valence-electron chi connectivity index (χ2n) is 12.5. The molecule has 0 amide bonds. The molecule has 3 aliphatic rings. The summed E-state index contributed by atoms with van der Waals surface area (Å²) in [6.07, 6.45) is -6.61. The summed E-state index contributed by atoms with van der Waals surface area (Å²) in [6.45, 7) is 5.94. The molecule has 3 aliphatic heterocycles. The molecule has 0 spiro atoms. The maximum absolute atomic E-state index is 13.5. The highest BCUT2D eigenvalue weighted by molar-refractivity contribution is 5.85. The highest BCUT2D eigenvalue weighted by Crippen LogP contribution is 2.48. The maximum Gasteiger partial charge on any atom is 0.416 e. The van der Waals surface area contributed by atoms with E-state index in [4.69, 9.17) is 9.47 Å². The van der Waals surface area contributed by atoms with Crippen molar-refractivity contribution in [3.63, 3.8) is 0 Å². The van der Waals surface area contributed by atoms with Gasteiger partial charge in [-0.25, -0.2) is 0 Å². The molecular formula is C32H39ClF6N2O3. The first kappa shape index (κ1) is 34.5. The molecule has 2 bridgehead atoms. The fourth-order valence-corrected chi connectivity index (χ4v) is 7.32. The Balaban J connectivity index is 0.00000442. The third-order valence-electron chi connectivity index (χ3n) is 9.31. The first-order chi connectivity index (χ1) is 20.2. The van der Waals surface area contributed by atoms with E-state index in [-0.39, 0.29) is 48.6 Å². The number of likely N-dealkylation sites (tertiary alicyclic amines) is 1. The van der Waals surface area contributed by atoms with Crippen LogP contribution in [0.1, 0.15) is 68.2 Å². The van der Waals surface area contributed by atoms with Crippen molar-refractivity contribution in [2.45, 2.75) is 82.6 Å². The Morgan fingerprint density at radius 3 is 2.30 bits per heavy atom. The van der Waals surface area contributed by atoms with Crippen LogP contribution in [-0.4, -0.2) is 49.3 Å². The Labute approximate surface area is 260 Å². The summed E-state index contributed by atoms with van der Waals surface area (Å²) in [4.78, 5) is 15.0. The van der Waals surface area contributed by atoms with Crippen molar-refractivity contribution in [3.8, 4) is 0 Å². The van der Waals surface area contributed by atoms with E-state index < -0.39 is 40.5 Å². The quantitative estimate of drug-likeness (QED) is 0.239. The monoisotopic (exact) mass is 648 g/mol. The lowest BCUT2D eigenvalue weighted by atomic mass is 9.79. The topological polar surface area (TPSA) is 50.8 Å². The van der Waals surface area contributed by atoms with Crippen molar-refractivity contribution < 1.29 is 40.6 Å². The zero-order chi connectivity index (χ0) is 31.0. The van der Waals surface area contributed by atoms with Crippen molar-refractivity contribution in [2.24, 2.45) is 11.3 Å². The van der Waals surface area contributed by atoms with Crippen LogP contribution in [0.25, 0.3) is 0 Å². The van der Waals surface area contributed by atoms with E-state index in [0.29, 0.717) is 26.0 Å². The minimum absolute atomic E-state index is 0. The van der Waals surface area contributed by atoms with Crippen LogP contribution in [0.3, 0.4) is 0 Å². The first-order valence-corrected chi connectivity index (χ1v) is 14.9. The highest BCUT2D eigenvalue weighted by Gasteiger charge is 2.55. The standard InChI is InChI=1S/C32H38F6N2O3.ClH/c1-3-42-28(41)29(2)12-7-13-40(20-29)18-22-17-30(23-8-5-4-6-9-23)27(11-10-26(22)39-30)43-19-21-14-24(31(33,34)35)16-25(15-21)32(36,37)38;/h4-6,8-9,14-16,22,26-27,39H,3,7,10-13,17-20H2,1-2H3;1H/t22-,26+,27-,29?,30-;/m1./s1. The van der Waals surface area contributed by atoms with Crippen molar-refractivity contribution in [3.05, 3.63) is 70.8 Å². The number of nitrogens with one attached hydrogen (secondary N) is 1. The molecule has 5 rings (SSSR count). The number of ether oxygens (including phenoxy) is 2. The minimum Gasteiger partial charge on any atom is -0.466 e. The molecule has 0 aliphatic carbocycles. The molecule has 0 aromatic heterocycles. The Kier molecular flexibility index (Phi) is 10.3. The Bertz CT molecular complexity index is 1260. The van der Waals surface area contributed by atoms with Gasteiger partial charge in [0, 0.05) is 19.1 Å². The summed E-state index contributed by atoms with van der Waals surface area (Å²) in [6, 6.07) is 11.5. The third-order valence-corrected chi connectivity index (χ3v) is 9.31. The Morgan fingerprint density at radius 1 is 1.02 bits per heavy atom. The van der Waals surface area contributed by atoms with Gasteiger partial charge in [0.1, 0.15) is 0 Å². The number of hydrogen-bond acceptors (Lipinski definition) is 5. The third kappa shape index (κ3) is 7.21. The molecule has 3 fully saturated rings. The molecule has 1 N–H and O–H groups in total. The molecular weight excluding hydrogens is 610 g/mol. The number of alkyl halides is 6. The van der Waals surface area contributed by atoms with Crippen LogP contribution in [0.4, 0.5) is 26.3 Å². The van der Waals surface area contributed by atoms with Crippen LogP contribution in [0, 0.1) is 11.3 Å². The second-order valence-corrected chi connectivity index (χ2v) is 12.5. The van der Waals surface area contributed by atoms with Crippen molar-refractivity contribution in [2.75, 3.05) is 26.2 Å². The van der Waals surface area contributed by atoms with Gasteiger partial charge in [-0.2, -0.15) is 26.3 Å². The summed E-state index contributed by atoms with van der Waals surface area (Å²) in [5, 5.41) is 3.78. The average molecular weight is 649 g/mol. The summed E-state index contributed by atoms with van der Waals surface area (Å²) >= 11 is 0. The molecule has 0 radical (unpaired) electrons. The van der Waals surface area contributed by atoms with E-state index in [1.54, 1.807) is 6.92 Å². The molecule has 2 aromatic rings. The molecule has 0 saturated carbocycles. The zero-order valence-electron chi connectivity index (χ0n) is 24.8. The number of carbonyl (C=O) groups is 1. The summed E-state index contributed by atoms with van der Waals surface area (Å²) in [5.74, 6) is 0.0317. The SMILES string of the molecule is CCOC(=O)C1(C)CCCN(C[C@H]2C[C@]3(c4ccccc4)N[C@H]2CC[C@H]3OCc2cc(C(F)(F)F)cc(C(F)(F)F)c2)C1.Cl. The van der Waals surface area contributed by atoms with E-state index in [0.717, 1.165) is 50.0 Å². The van der Waals surface area contributed by atoms with E-state index >= 15 is 0 Å². The highest BCUT2D eigenvalue weighted by atomic mass is 35.5. The van der Waals surface area contributed by atoms with Crippen LogP contribution in [0.2, 0.25) is 0 Å². The number of piperidine rings is 2. The maximum atomic E-state index is 13.5. The van der Waals surface area contributed by atoms with Gasteiger partial charge in [-0.3, -0.25) is 4.79 Å². The smallest absolute Gasteiger partial charge is 0.416 e. The molecule has 1 unspecified atom stereocenters. The van der Waals surface area contributed by atoms with Crippen LogP contribution < -0.4 is 5.32 Å². The average Bonchev–Trinajstić information content (AvgIpc) is 3.24. The molecule has 5 atom stereocenters. The van der Waals surface area contributed by atoms with Crippen LogP contribution in [0.15, 0.2) is 48.5 Å². The largest absolute Gasteiger partial charge is 0.466 e. The lowest BCUT2D eigenvalue weighted by Crippen LogP contribution is -2.54. The lowest BCUT2D eigenvalue weighted by Gasteiger charge is -2.42. The fraction of sp³-hybridized carbons (Fsp3) is 0.594. The number of esters is 1. The Morgan fingerprint density at radius 2 is 1.68 bits per heavy atom. The molecule has 5 nitrogen and oxygen atoms in total. The number of fused-ring (bicyclic) bond motifs is 2. The van der Waals surface area contributed by atoms with Crippen molar-refractivity contribution in [1.82, 2.24) is 10.2 Å². The van der Waals surface area contributed by atoms with Gasteiger partial charge >= 0.3 is 18.3 Å². The molecule has 44 heavy (non-hydrogen) atoms. The number of carbonyl (C=O) groups excluding carboxylic acids is 1. The van der Waals surface area contributed by atoms with Gasteiger partial charge in [-0.05, 0) is 87.7 Å². The predicted octanol–water partition coefficient (Wildman–Crippen LogP) is 7.36. The number of nitrogens with zero attached hydrogens (tertiary/aromatic N) is 1. The summed E-state index contributed by atoms with van der Waals surface area (Å²) in [5.41, 5.74) is -3.12. The van der Waals surface area contributed by atoms with E-state index in [9.17, 15) is 31.1 Å². The van der Waals surface area contributed by atoms with Crippen LogP contribution in [0.5, 0.6) is 0 Å². The second kappa shape index (κ2) is 13.2. The van der Waals surface area contributed by atoms with Crippen molar-refractivity contribution >= 4 is 18.4 Å². The van der Waals surface area contributed by atoms with Gasteiger partial charge in [0.15, 0.2) is 0 Å². The van der Waals surface area contributed by atoms with Crippen LogP contribution >= 0.6 is 12.4 Å². The van der Waals surface area contributed by atoms with Gasteiger partial charge in [-0.1, -0.05) is 30.3 Å². The molecule has 3 saturated heterocycles. The lowest BCUT2D eigenvalue weighted by molar-refractivity contribution is -0.158. The number of hydrogen-bond donors (Lipinski definition) is 1. The predicted molar refractivity (Wildman–Crippen MR) is 155 cm³/mol. The van der Waals surface area contributed by atoms with E-state index in [1.807, 2.05) is 37.3 Å². The van der Waals surface area contributed by atoms with Gasteiger partial charge in [0.05, 0.1) is 41.4 Å². The first-order valence-electron chi connectivity index (χ1n) is 14.9. The van der Waals surface area contributed by atoms with Gasteiger partial charge < -0.3 is 19.7 Å². The summed E-state index contributed by atoms with van der Waals surface area (Å²) in [7, 11) is 0. The van der Waals surface area contributed by atoms with E-state index in [2.05, 4.69) is 10.2 Å². The van der Waals surface area contributed by atoms with Gasteiger partial charge in [0.25, 0.3) is 0 Å². The van der Waals surface area contributed by atoms with Crippen molar-refractivity contribution in [1.29, 1.82) is 0 Å². The number of halogens is 7. The van der Waals surface area contributed by atoms with Gasteiger partial charge in [-0.15, -0.1) is 12.4 Å². The Hall–Kier alpha value is -2.34. The molecule has 3 heterocycles. The summed E-state index contributed by atoms with van der Waals surface area (Å²) < 4.78 is 92.3. The minimum atomic E-state index is -4.92. The van der Waals surface area contributed by atoms with Crippen LogP contribution in [-0.2, 0) is 38.8 Å². The van der Waals surface area contributed by atoms with Gasteiger partial charge in [0.2, 0.25) is 0 Å². The zero-order valence-corrected chi connectivity index (χ0v) is 25.6. The fourth-order valence-electron chi connectivity index (χ4n) is 7.32. The molecule has 244 valence electrons. The normalized spacial score (nSPS) is 29.2. The van der Waals surface area contributed by atoms with E-state index in [1.165, 1.54) is 0 Å². The molecule has 2 aromatic carbocycles.